The van der Waals surface area contributed by atoms with Crippen LogP contribution in [0.5, 0.6) is 0 Å². The summed E-state index contributed by atoms with van der Waals surface area (Å²) in [6.07, 6.45) is 8.15. The third-order valence-electron chi connectivity index (χ3n) is 5.86. The minimum atomic E-state index is -0.0209. The number of rotatable bonds is 4. The Labute approximate surface area is 161 Å². The molecule has 4 rings (SSSR count). The third-order valence-corrected chi connectivity index (χ3v) is 5.86. The highest BCUT2D eigenvalue weighted by Gasteiger charge is 2.29. The first-order valence-corrected chi connectivity index (χ1v) is 10.0. The Morgan fingerprint density at radius 3 is 2.67 bits per heavy atom. The van der Waals surface area contributed by atoms with Crippen LogP contribution in [0.3, 0.4) is 0 Å². The lowest BCUT2D eigenvalue weighted by atomic mass is 9.98. The fourth-order valence-corrected chi connectivity index (χ4v) is 4.25. The molecule has 2 aliphatic rings. The molecule has 2 fully saturated rings. The number of hydrogen-bond acceptors (Lipinski definition) is 4. The van der Waals surface area contributed by atoms with Gasteiger partial charge in [-0.15, -0.1) is 0 Å². The maximum absolute atomic E-state index is 12.7. The van der Waals surface area contributed by atoms with Crippen molar-refractivity contribution in [3.05, 3.63) is 48.3 Å². The van der Waals surface area contributed by atoms with E-state index in [1.807, 2.05) is 36.5 Å². The van der Waals surface area contributed by atoms with Gasteiger partial charge in [-0.25, -0.2) is 4.68 Å². The number of benzene rings is 1. The molecule has 0 radical (unpaired) electrons. The van der Waals surface area contributed by atoms with E-state index in [0.29, 0.717) is 11.6 Å². The number of amides is 1. The summed E-state index contributed by atoms with van der Waals surface area (Å²) >= 11 is 0. The second-order valence-electron chi connectivity index (χ2n) is 7.85. The normalized spacial score (nSPS) is 22.6. The van der Waals surface area contributed by atoms with Gasteiger partial charge in [-0.1, -0.05) is 18.2 Å². The van der Waals surface area contributed by atoms with Crippen LogP contribution in [0.25, 0.3) is 5.69 Å². The lowest BCUT2D eigenvalue weighted by Gasteiger charge is -2.41. The first-order chi connectivity index (χ1) is 13.2. The van der Waals surface area contributed by atoms with E-state index in [4.69, 9.17) is 0 Å². The molecule has 0 aliphatic carbocycles. The number of aromatic nitrogens is 2. The van der Waals surface area contributed by atoms with Gasteiger partial charge in [0.1, 0.15) is 0 Å². The average Bonchev–Trinajstić information content (AvgIpc) is 3.20. The molecule has 1 N–H and O–H groups in total. The summed E-state index contributed by atoms with van der Waals surface area (Å²) < 4.78 is 1.75. The van der Waals surface area contributed by atoms with E-state index in [9.17, 15) is 4.79 Å². The van der Waals surface area contributed by atoms with Crippen LogP contribution >= 0.6 is 0 Å². The molecule has 0 bridgehead atoms. The van der Waals surface area contributed by atoms with Crippen molar-refractivity contribution >= 4 is 5.91 Å². The van der Waals surface area contributed by atoms with Crippen molar-refractivity contribution < 1.29 is 4.79 Å². The van der Waals surface area contributed by atoms with Crippen molar-refractivity contribution in [3.8, 4) is 5.69 Å². The highest BCUT2D eigenvalue weighted by Crippen LogP contribution is 2.21. The van der Waals surface area contributed by atoms with Crippen molar-refractivity contribution in [3.63, 3.8) is 0 Å². The van der Waals surface area contributed by atoms with Gasteiger partial charge in [0.25, 0.3) is 5.91 Å². The minimum absolute atomic E-state index is 0.0209. The summed E-state index contributed by atoms with van der Waals surface area (Å²) in [6.45, 7) is 4.48. The van der Waals surface area contributed by atoms with E-state index in [1.165, 1.54) is 25.9 Å². The van der Waals surface area contributed by atoms with E-state index in [1.54, 1.807) is 10.9 Å². The van der Waals surface area contributed by atoms with Crippen LogP contribution in [0.2, 0.25) is 0 Å². The summed E-state index contributed by atoms with van der Waals surface area (Å²) in [6, 6.07) is 10.8. The summed E-state index contributed by atoms with van der Waals surface area (Å²) in [7, 11) is 2.20. The van der Waals surface area contributed by atoms with Crippen LogP contribution < -0.4 is 5.32 Å². The van der Waals surface area contributed by atoms with Crippen molar-refractivity contribution in [2.45, 2.75) is 37.8 Å². The van der Waals surface area contributed by atoms with Gasteiger partial charge >= 0.3 is 0 Å². The number of carbonyl (C=O) groups is 1. The fraction of sp³-hybridized carbons (Fsp3) is 0.524. The maximum atomic E-state index is 12.7. The second kappa shape index (κ2) is 8.23. The van der Waals surface area contributed by atoms with Crippen molar-refractivity contribution in [1.29, 1.82) is 0 Å². The lowest BCUT2D eigenvalue weighted by Crippen LogP contribution is -2.53. The molecule has 0 saturated carbocycles. The van der Waals surface area contributed by atoms with E-state index in [-0.39, 0.29) is 11.9 Å². The zero-order valence-electron chi connectivity index (χ0n) is 16.1. The van der Waals surface area contributed by atoms with Crippen LogP contribution in [0.4, 0.5) is 0 Å². The van der Waals surface area contributed by atoms with Gasteiger partial charge in [-0.05, 0) is 64.5 Å². The van der Waals surface area contributed by atoms with E-state index in [0.717, 1.165) is 31.6 Å². The zero-order chi connectivity index (χ0) is 18.6. The molecule has 1 aromatic carbocycles. The largest absolute Gasteiger partial charge is 0.348 e. The topological polar surface area (TPSA) is 53.4 Å². The number of carbonyl (C=O) groups excluding carboxylic acids is 1. The maximum Gasteiger partial charge on any atom is 0.254 e. The number of para-hydroxylation sites is 1. The number of nitrogens with one attached hydrogen (secondary N) is 1. The number of hydrogen-bond donors (Lipinski definition) is 1. The van der Waals surface area contributed by atoms with Gasteiger partial charge in [0, 0.05) is 24.8 Å². The van der Waals surface area contributed by atoms with Gasteiger partial charge in [0.15, 0.2) is 0 Å². The summed E-state index contributed by atoms with van der Waals surface area (Å²) in [5, 5.41) is 7.57. The number of likely N-dealkylation sites (tertiary alicyclic amines) is 2. The van der Waals surface area contributed by atoms with Crippen LogP contribution in [-0.2, 0) is 0 Å². The first-order valence-electron chi connectivity index (χ1n) is 10.0. The highest BCUT2D eigenvalue weighted by atomic mass is 16.1. The quantitative estimate of drug-likeness (QED) is 0.900. The molecule has 6 heteroatoms. The molecule has 1 unspecified atom stereocenters. The fourth-order valence-electron chi connectivity index (χ4n) is 4.25. The Balaban J connectivity index is 1.34. The Morgan fingerprint density at radius 2 is 1.89 bits per heavy atom. The minimum Gasteiger partial charge on any atom is -0.348 e. The Kier molecular flexibility index (Phi) is 5.55. The smallest absolute Gasteiger partial charge is 0.254 e. The molecule has 1 amide bonds. The monoisotopic (exact) mass is 367 g/mol. The molecule has 1 aromatic heterocycles. The van der Waals surface area contributed by atoms with Crippen LogP contribution in [0, 0.1) is 0 Å². The molecular formula is C21H29N5O. The first kappa shape index (κ1) is 18.2. The molecule has 2 aromatic rings. The lowest BCUT2D eigenvalue weighted by molar-refractivity contribution is 0.0766. The number of nitrogens with zero attached hydrogens (tertiary/aromatic N) is 4. The predicted octanol–water partition coefficient (Wildman–Crippen LogP) is 2.16. The summed E-state index contributed by atoms with van der Waals surface area (Å²) in [5.74, 6) is -0.0209. The third kappa shape index (κ3) is 4.39. The zero-order valence-corrected chi connectivity index (χ0v) is 16.1. The molecule has 2 saturated heterocycles. The molecule has 0 spiro atoms. The van der Waals surface area contributed by atoms with Gasteiger partial charge in [0.2, 0.25) is 0 Å². The number of piperidine rings is 2. The van der Waals surface area contributed by atoms with Gasteiger partial charge in [-0.3, -0.25) is 9.69 Å². The SMILES string of the molecule is CN1CCC(N2CCCC(NC(=O)c3cnn(-c4ccccc4)c3)C2)CC1. The summed E-state index contributed by atoms with van der Waals surface area (Å²) in [5.41, 5.74) is 1.58. The highest BCUT2D eigenvalue weighted by molar-refractivity contribution is 5.94. The second-order valence-corrected chi connectivity index (χ2v) is 7.85. The molecule has 2 aliphatic heterocycles. The standard InChI is InChI=1S/C21H29N5O/c1-24-12-9-19(10-13-24)25-11-5-6-18(16-25)23-21(27)17-14-22-26(15-17)20-7-3-2-4-8-20/h2-4,7-8,14-15,18-19H,5-6,9-13,16H2,1H3,(H,23,27). The van der Waals surface area contributed by atoms with Crippen molar-refractivity contribution in [2.75, 3.05) is 33.2 Å². The Morgan fingerprint density at radius 1 is 1.11 bits per heavy atom. The van der Waals surface area contributed by atoms with Gasteiger partial charge < -0.3 is 10.2 Å². The van der Waals surface area contributed by atoms with Crippen molar-refractivity contribution in [2.24, 2.45) is 0 Å². The van der Waals surface area contributed by atoms with E-state index in [2.05, 4.69) is 27.3 Å². The molecule has 1 atom stereocenters. The molecule has 27 heavy (non-hydrogen) atoms. The Bertz CT molecular complexity index is 751. The van der Waals surface area contributed by atoms with Gasteiger partial charge in [0.05, 0.1) is 17.4 Å². The molecule has 3 heterocycles. The molecule has 144 valence electrons. The van der Waals surface area contributed by atoms with Crippen LogP contribution in [0.1, 0.15) is 36.0 Å². The van der Waals surface area contributed by atoms with Crippen molar-refractivity contribution in [1.82, 2.24) is 24.9 Å². The van der Waals surface area contributed by atoms with Gasteiger partial charge in [-0.2, -0.15) is 5.10 Å². The average molecular weight is 367 g/mol. The predicted molar refractivity (Wildman–Crippen MR) is 106 cm³/mol. The van der Waals surface area contributed by atoms with Crippen LogP contribution in [0.15, 0.2) is 42.7 Å². The molecule has 6 nitrogen and oxygen atoms in total. The molecular weight excluding hydrogens is 338 g/mol. The van der Waals surface area contributed by atoms with E-state index < -0.39 is 0 Å². The van der Waals surface area contributed by atoms with E-state index >= 15 is 0 Å². The van der Waals surface area contributed by atoms with Crippen LogP contribution in [-0.4, -0.2) is 70.8 Å². The summed E-state index contributed by atoms with van der Waals surface area (Å²) in [4.78, 5) is 17.7. The Hall–Kier alpha value is -2.18.